The van der Waals surface area contributed by atoms with Gasteiger partial charge >= 0.3 is 5.97 Å². The average Bonchev–Trinajstić information content (AvgIpc) is 2.95. The van der Waals surface area contributed by atoms with Crippen molar-refractivity contribution in [2.24, 2.45) is 0 Å². The summed E-state index contributed by atoms with van der Waals surface area (Å²) in [6, 6.07) is 5.93. The molecule has 1 aromatic rings. The van der Waals surface area contributed by atoms with Gasteiger partial charge in [-0.3, -0.25) is 4.79 Å². The van der Waals surface area contributed by atoms with Crippen LogP contribution in [0.3, 0.4) is 0 Å². The van der Waals surface area contributed by atoms with Gasteiger partial charge in [0.1, 0.15) is 0 Å². The number of aliphatic carboxylic acids is 1. The molecule has 1 fully saturated rings. The van der Waals surface area contributed by atoms with Gasteiger partial charge in [0, 0.05) is 19.3 Å². The van der Waals surface area contributed by atoms with E-state index in [0.717, 1.165) is 49.2 Å². The topological polar surface area (TPSA) is 55.8 Å². The minimum atomic E-state index is -0.745. The molecule has 1 saturated carbocycles. The fraction of sp³-hybridized carbons (Fsp3) is 0.533. The molecule has 4 nitrogen and oxygen atoms in total. The fourth-order valence-corrected chi connectivity index (χ4v) is 2.86. The molecule has 0 radical (unpaired) electrons. The zero-order valence-corrected chi connectivity index (χ0v) is 10.9. The SMILES string of the molecule is O=C(O)CCCc1ccc2c(c1)OC1(CCCC1)O2. The Bertz CT molecular complexity index is 489. The summed E-state index contributed by atoms with van der Waals surface area (Å²) in [7, 11) is 0. The number of hydrogen-bond acceptors (Lipinski definition) is 3. The summed E-state index contributed by atoms with van der Waals surface area (Å²) < 4.78 is 11.9. The number of aryl methyl sites for hydroxylation is 1. The van der Waals surface area contributed by atoms with E-state index in [4.69, 9.17) is 14.6 Å². The maximum Gasteiger partial charge on any atom is 0.303 e. The number of fused-ring (bicyclic) bond motifs is 1. The largest absolute Gasteiger partial charge is 0.481 e. The first kappa shape index (κ1) is 12.3. The van der Waals surface area contributed by atoms with Crippen LogP contribution in [0.4, 0.5) is 0 Å². The Balaban J connectivity index is 1.67. The van der Waals surface area contributed by atoms with Crippen LogP contribution in [0.15, 0.2) is 18.2 Å². The lowest BCUT2D eigenvalue weighted by atomic mass is 10.1. The van der Waals surface area contributed by atoms with E-state index in [1.807, 2.05) is 18.2 Å². The van der Waals surface area contributed by atoms with Crippen molar-refractivity contribution >= 4 is 5.97 Å². The van der Waals surface area contributed by atoms with E-state index in [0.29, 0.717) is 6.42 Å². The molecule has 3 rings (SSSR count). The highest BCUT2D eigenvalue weighted by molar-refractivity contribution is 5.66. The van der Waals surface area contributed by atoms with Crippen LogP contribution in [0.5, 0.6) is 11.5 Å². The number of ether oxygens (including phenoxy) is 2. The van der Waals surface area contributed by atoms with Gasteiger partial charge in [-0.15, -0.1) is 0 Å². The van der Waals surface area contributed by atoms with Crippen molar-refractivity contribution in [3.63, 3.8) is 0 Å². The molecule has 1 spiro atoms. The molecule has 102 valence electrons. The number of carboxylic acid groups (broad SMARTS) is 1. The molecule has 1 aliphatic carbocycles. The molecule has 0 saturated heterocycles. The molecular formula is C15H18O4. The Hall–Kier alpha value is -1.71. The zero-order chi connectivity index (χ0) is 13.3. The van der Waals surface area contributed by atoms with Crippen molar-refractivity contribution in [3.05, 3.63) is 23.8 Å². The van der Waals surface area contributed by atoms with E-state index >= 15 is 0 Å². The standard InChI is InChI=1S/C15H18O4/c16-14(17)5-3-4-11-6-7-12-13(10-11)19-15(18-12)8-1-2-9-15/h6-7,10H,1-5,8-9H2,(H,16,17). The third-order valence-corrected chi connectivity index (χ3v) is 3.82. The highest BCUT2D eigenvalue weighted by Gasteiger charge is 2.43. The number of carboxylic acids is 1. The van der Waals surface area contributed by atoms with E-state index in [1.54, 1.807) is 0 Å². The van der Waals surface area contributed by atoms with Gasteiger partial charge in [-0.2, -0.15) is 0 Å². The van der Waals surface area contributed by atoms with E-state index in [-0.39, 0.29) is 6.42 Å². The van der Waals surface area contributed by atoms with Gasteiger partial charge in [0.2, 0.25) is 0 Å². The van der Waals surface area contributed by atoms with Crippen LogP contribution >= 0.6 is 0 Å². The number of benzene rings is 1. The van der Waals surface area contributed by atoms with Crippen molar-refractivity contribution < 1.29 is 19.4 Å². The van der Waals surface area contributed by atoms with Crippen LogP contribution in [0.2, 0.25) is 0 Å². The van der Waals surface area contributed by atoms with Crippen molar-refractivity contribution in [3.8, 4) is 11.5 Å². The average molecular weight is 262 g/mol. The van der Waals surface area contributed by atoms with Crippen LogP contribution in [-0.4, -0.2) is 16.9 Å². The maximum atomic E-state index is 10.5. The van der Waals surface area contributed by atoms with Gasteiger partial charge in [-0.1, -0.05) is 6.07 Å². The molecule has 4 heteroatoms. The highest BCUT2D eigenvalue weighted by Crippen LogP contribution is 2.46. The first-order chi connectivity index (χ1) is 9.17. The summed E-state index contributed by atoms with van der Waals surface area (Å²) in [6.45, 7) is 0. The molecule has 1 aliphatic heterocycles. The lowest BCUT2D eigenvalue weighted by Crippen LogP contribution is -2.34. The van der Waals surface area contributed by atoms with Crippen LogP contribution in [0.25, 0.3) is 0 Å². The summed E-state index contributed by atoms with van der Waals surface area (Å²) >= 11 is 0. The molecule has 1 aromatic carbocycles. The van der Waals surface area contributed by atoms with E-state index in [2.05, 4.69) is 0 Å². The van der Waals surface area contributed by atoms with E-state index in [9.17, 15) is 4.79 Å². The smallest absolute Gasteiger partial charge is 0.303 e. The quantitative estimate of drug-likeness (QED) is 0.905. The summed E-state index contributed by atoms with van der Waals surface area (Å²) in [5, 5.41) is 8.64. The third kappa shape index (κ3) is 2.53. The molecule has 0 unspecified atom stereocenters. The maximum absolute atomic E-state index is 10.5. The van der Waals surface area contributed by atoms with Gasteiger partial charge < -0.3 is 14.6 Å². The molecular weight excluding hydrogens is 244 g/mol. The summed E-state index contributed by atoms with van der Waals surface area (Å²) in [5.74, 6) is 0.478. The molecule has 0 amide bonds. The Morgan fingerprint density at radius 2 is 1.95 bits per heavy atom. The van der Waals surface area contributed by atoms with Crippen LogP contribution in [0.1, 0.15) is 44.1 Å². The number of rotatable bonds is 4. The Morgan fingerprint density at radius 3 is 2.68 bits per heavy atom. The van der Waals surface area contributed by atoms with E-state index in [1.165, 1.54) is 0 Å². The zero-order valence-electron chi connectivity index (χ0n) is 10.9. The second-order valence-electron chi connectivity index (χ2n) is 5.35. The van der Waals surface area contributed by atoms with Crippen molar-refractivity contribution in [1.29, 1.82) is 0 Å². The number of hydrogen-bond donors (Lipinski definition) is 1. The second kappa shape index (κ2) is 4.76. The third-order valence-electron chi connectivity index (χ3n) is 3.82. The lowest BCUT2D eigenvalue weighted by molar-refractivity contribution is -0.137. The summed E-state index contributed by atoms with van der Waals surface area (Å²) in [4.78, 5) is 10.5. The van der Waals surface area contributed by atoms with Crippen LogP contribution < -0.4 is 9.47 Å². The lowest BCUT2D eigenvalue weighted by Gasteiger charge is -2.21. The summed E-state index contributed by atoms with van der Waals surface area (Å²) in [6.07, 6.45) is 5.83. The van der Waals surface area contributed by atoms with Crippen LogP contribution in [0, 0.1) is 0 Å². The van der Waals surface area contributed by atoms with Gasteiger partial charge in [-0.05, 0) is 43.4 Å². The number of carbonyl (C=O) groups is 1. The predicted molar refractivity (Wildman–Crippen MR) is 69.5 cm³/mol. The molecule has 0 bridgehead atoms. The Morgan fingerprint density at radius 1 is 1.21 bits per heavy atom. The van der Waals surface area contributed by atoms with E-state index < -0.39 is 11.8 Å². The van der Waals surface area contributed by atoms with Gasteiger partial charge in [0.15, 0.2) is 11.5 Å². The minimum Gasteiger partial charge on any atom is -0.481 e. The Labute approximate surface area is 112 Å². The normalized spacial score (nSPS) is 18.9. The first-order valence-electron chi connectivity index (χ1n) is 6.90. The fourth-order valence-electron chi connectivity index (χ4n) is 2.86. The second-order valence-corrected chi connectivity index (χ2v) is 5.35. The monoisotopic (exact) mass is 262 g/mol. The molecule has 0 atom stereocenters. The molecule has 0 aromatic heterocycles. The van der Waals surface area contributed by atoms with Crippen molar-refractivity contribution in [1.82, 2.24) is 0 Å². The van der Waals surface area contributed by atoms with Crippen molar-refractivity contribution in [2.75, 3.05) is 0 Å². The van der Waals surface area contributed by atoms with Gasteiger partial charge in [0.05, 0.1) is 0 Å². The molecule has 19 heavy (non-hydrogen) atoms. The predicted octanol–water partition coefficient (Wildman–Crippen LogP) is 3.14. The van der Waals surface area contributed by atoms with Crippen LogP contribution in [-0.2, 0) is 11.2 Å². The molecule has 1 heterocycles. The minimum absolute atomic E-state index is 0.207. The molecule has 2 aliphatic rings. The summed E-state index contributed by atoms with van der Waals surface area (Å²) in [5.41, 5.74) is 1.11. The Kier molecular flexibility index (Phi) is 3.09. The van der Waals surface area contributed by atoms with Gasteiger partial charge in [-0.25, -0.2) is 0 Å². The highest BCUT2D eigenvalue weighted by atomic mass is 16.7. The van der Waals surface area contributed by atoms with Gasteiger partial charge in [0.25, 0.3) is 5.79 Å². The van der Waals surface area contributed by atoms with Crippen molar-refractivity contribution in [2.45, 2.75) is 50.7 Å². The first-order valence-corrected chi connectivity index (χ1v) is 6.90. The molecule has 1 N–H and O–H groups in total.